The molecule has 0 radical (unpaired) electrons. The molecule has 0 bridgehead atoms. The van der Waals surface area contributed by atoms with Gasteiger partial charge in [-0.25, -0.2) is 4.90 Å². The quantitative estimate of drug-likeness (QED) is 0.264. The highest BCUT2D eigenvalue weighted by Gasteiger charge is 2.35. The molecule has 4 aromatic rings. The van der Waals surface area contributed by atoms with E-state index in [0.29, 0.717) is 40.5 Å². The Kier molecular flexibility index (Phi) is 6.33. The minimum Gasteiger partial charge on any atom is -0.493 e. The fourth-order valence-corrected chi connectivity index (χ4v) is 4.19. The summed E-state index contributed by atoms with van der Waals surface area (Å²) in [6.45, 7) is 2.30. The van der Waals surface area contributed by atoms with Gasteiger partial charge in [-0.15, -0.1) is 0 Å². The summed E-state index contributed by atoms with van der Waals surface area (Å²) in [7, 11) is 1.57. The summed E-state index contributed by atoms with van der Waals surface area (Å²) in [5.41, 5.74) is 4.76. The van der Waals surface area contributed by atoms with Crippen molar-refractivity contribution in [2.75, 3.05) is 12.0 Å². The molecule has 0 saturated carbocycles. The van der Waals surface area contributed by atoms with Gasteiger partial charge in [-0.05, 0) is 77.7 Å². The second kappa shape index (κ2) is 9.88. The third-order valence-corrected chi connectivity index (χ3v) is 5.99. The first-order valence-electron chi connectivity index (χ1n) is 11.5. The molecule has 0 fully saturated rings. The molecule has 0 atom stereocenters. The molecule has 0 unspecified atom stereocenters. The number of rotatable bonds is 6. The zero-order chi connectivity index (χ0) is 25.1. The Labute approximate surface area is 209 Å². The molecule has 2 amide bonds. The predicted molar refractivity (Wildman–Crippen MR) is 139 cm³/mol. The molecule has 3 aromatic carbocycles. The maximum absolute atomic E-state index is 13.7. The van der Waals surface area contributed by atoms with Crippen LogP contribution in [0.15, 0.2) is 91.3 Å². The summed E-state index contributed by atoms with van der Waals surface area (Å²) >= 11 is 0. The van der Waals surface area contributed by atoms with Crippen LogP contribution in [0, 0.1) is 6.92 Å². The van der Waals surface area contributed by atoms with Crippen LogP contribution in [-0.2, 0) is 11.4 Å². The maximum Gasteiger partial charge on any atom is 0.265 e. The Morgan fingerprint density at radius 2 is 1.61 bits per heavy atom. The van der Waals surface area contributed by atoms with Gasteiger partial charge in [-0.3, -0.25) is 14.6 Å². The van der Waals surface area contributed by atoms with E-state index in [9.17, 15) is 9.59 Å². The SMILES string of the molecule is COc1cc(C=C2C(=O)N(c3cccc(C)c3)C(=O)c3ccccc32)ccc1OCc1ccncc1. The summed E-state index contributed by atoms with van der Waals surface area (Å²) in [4.78, 5) is 32.2. The van der Waals surface area contributed by atoms with E-state index in [0.717, 1.165) is 16.7 Å². The van der Waals surface area contributed by atoms with Crippen LogP contribution >= 0.6 is 0 Å². The van der Waals surface area contributed by atoms with E-state index in [2.05, 4.69) is 4.98 Å². The number of hydrogen-bond acceptors (Lipinski definition) is 5. The molecule has 1 aliphatic rings. The Bertz CT molecular complexity index is 1480. The lowest BCUT2D eigenvalue weighted by Crippen LogP contribution is -2.41. The summed E-state index contributed by atoms with van der Waals surface area (Å²) < 4.78 is 11.5. The molecular weight excluding hydrogens is 452 g/mol. The van der Waals surface area contributed by atoms with Crippen LogP contribution in [0.2, 0.25) is 0 Å². The number of fused-ring (bicyclic) bond motifs is 1. The van der Waals surface area contributed by atoms with Crippen molar-refractivity contribution in [3.8, 4) is 11.5 Å². The molecule has 6 nitrogen and oxygen atoms in total. The van der Waals surface area contributed by atoms with E-state index in [1.807, 2.05) is 61.5 Å². The first kappa shape index (κ1) is 23.1. The van der Waals surface area contributed by atoms with E-state index in [1.54, 1.807) is 49.8 Å². The zero-order valence-electron chi connectivity index (χ0n) is 20.0. The van der Waals surface area contributed by atoms with Gasteiger partial charge in [-0.2, -0.15) is 0 Å². The number of anilines is 1. The molecule has 0 saturated heterocycles. The number of amides is 2. The molecular formula is C30H24N2O4. The van der Waals surface area contributed by atoms with E-state index < -0.39 is 0 Å². The number of hydrogen-bond donors (Lipinski definition) is 0. The van der Waals surface area contributed by atoms with Gasteiger partial charge in [0.2, 0.25) is 0 Å². The van der Waals surface area contributed by atoms with Gasteiger partial charge >= 0.3 is 0 Å². The lowest BCUT2D eigenvalue weighted by atomic mass is 9.91. The number of nitrogens with zero attached hydrogens (tertiary/aromatic N) is 2. The third-order valence-electron chi connectivity index (χ3n) is 5.99. The topological polar surface area (TPSA) is 68.7 Å². The van der Waals surface area contributed by atoms with Crippen LogP contribution in [0.1, 0.15) is 32.6 Å². The molecule has 178 valence electrons. The molecule has 1 aromatic heterocycles. The van der Waals surface area contributed by atoms with Gasteiger partial charge in [0.05, 0.1) is 12.8 Å². The van der Waals surface area contributed by atoms with Gasteiger partial charge in [0.25, 0.3) is 11.8 Å². The molecule has 0 spiro atoms. The highest BCUT2D eigenvalue weighted by Crippen LogP contribution is 2.35. The molecule has 0 aliphatic carbocycles. The summed E-state index contributed by atoms with van der Waals surface area (Å²) in [5, 5.41) is 0. The second-order valence-corrected chi connectivity index (χ2v) is 8.44. The van der Waals surface area contributed by atoms with Gasteiger partial charge in [0.15, 0.2) is 11.5 Å². The van der Waals surface area contributed by atoms with Gasteiger partial charge in [-0.1, -0.05) is 36.4 Å². The van der Waals surface area contributed by atoms with Gasteiger partial charge < -0.3 is 9.47 Å². The molecule has 5 rings (SSSR count). The number of benzene rings is 3. The average Bonchev–Trinajstić information content (AvgIpc) is 2.91. The van der Waals surface area contributed by atoms with E-state index in [-0.39, 0.29) is 11.8 Å². The summed E-state index contributed by atoms with van der Waals surface area (Å²) in [6.07, 6.45) is 5.22. The molecule has 36 heavy (non-hydrogen) atoms. The zero-order valence-corrected chi connectivity index (χ0v) is 20.0. The van der Waals surface area contributed by atoms with Crippen LogP contribution in [0.5, 0.6) is 11.5 Å². The van der Waals surface area contributed by atoms with Crippen molar-refractivity contribution in [2.45, 2.75) is 13.5 Å². The fraction of sp³-hybridized carbons (Fsp3) is 0.100. The van der Waals surface area contributed by atoms with Crippen molar-refractivity contribution in [1.82, 2.24) is 4.98 Å². The number of carbonyl (C=O) groups excluding carboxylic acids is 2. The lowest BCUT2D eigenvalue weighted by Gasteiger charge is -2.29. The predicted octanol–water partition coefficient (Wildman–Crippen LogP) is 5.71. The molecule has 6 heteroatoms. The Morgan fingerprint density at radius 3 is 2.36 bits per heavy atom. The highest BCUT2D eigenvalue weighted by molar-refractivity contribution is 6.43. The number of imide groups is 1. The minimum atomic E-state index is -0.374. The van der Waals surface area contributed by atoms with Crippen molar-refractivity contribution < 1.29 is 19.1 Å². The lowest BCUT2D eigenvalue weighted by molar-refractivity contribution is -0.112. The Morgan fingerprint density at radius 1 is 0.833 bits per heavy atom. The normalized spacial score (nSPS) is 14.1. The molecule has 1 aliphatic heterocycles. The van der Waals surface area contributed by atoms with Crippen molar-refractivity contribution in [2.24, 2.45) is 0 Å². The first-order valence-corrected chi connectivity index (χ1v) is 11.5. The monoisotopic (exact) mass is 476 g/mol. The van der Waals surface area contributed by atoms with Crippen LogP contribution in [0.25, 0.3) is 11.6 Å². The maximum atomic E-state index is 13.7. The van der Waals surface area contributed by atoms with Gasteiger partial charge in [0, 0.05) is 23.5 Å². The molecule has 0 N–H and O–H groups in total. The van der Waals surface area contributed by atoms with Gasteiger partial charge in [0.1, 0.15) is 6.61 Å². The third kappa shape index (κ3) is 4.49. The standard InChI is InChI=1S/C30H24N2O4/c1-20-6-5-7-23(16-20)32-29(33)25-9-4-3-8-24(25)26(30(32)34)17-22-10-11-27(28(18-22)35-2)36-19-21-12-14-31-15-13-21/h3-18H,19H2,1-2H3. The number of aryl methyl sites for hydroxylation is 1. The molecule has 2 heterocycles. The smallest absolute Gasteiger partial charge is 0.265 e. The number of pyridine rings is 1. The Balaban J connectivity index is 1.52. The van der Waals surface area contributed by atoms with E-state index in [4.69, 9.17) is 9.47 Å². The largest absolute Gasteiger partial charge is 0.493 e. The van der Waals surface area contributed by atoms with Crippen LogP contribution in [0.4, 0.5) is 5.69 Å². The second-order valence-electron chi connectivity index (χ2n) is 8.44. The van der Waals surface area contributed by atoms with Crippen molar-refractivity contribution in [1.29, 1.82) is 0 Å². The number of carbonyl (C=O) groups is 2. The first-order chi connectivity index (χ1) is 17.5. The van der Waals surface area contributed by atoms with Crippen LogP contribution in [0.3, 0.4) is 0 Å². The van der Waals surface area contributed by atoms with Crippen molar-refractivity contribution in [3.05, 3.63) is 119 Å². The van der Waals surface area contributed by atoms with Crippen molar-refractivity contribution in [3.63, 3.8) is 0 Å². The average molecular weight is 477 g/mol. The fourth-order valence-electron chi connectivity index (χ4n) is 4.19. The van der Waals surface area contributed by atoms with Crippen LogP contribution < -0.4 is 14.4 Å². The number of methoxy groups -OCH3 is 1. The van der Waals surface area contributed by atoms with Crippen LogP contribution in [-0.4, -0.2) is 23.9 Å². The minimum absolute atomic E-state index is 0.337. The summed E-state index contributed by atoms with van der Waals surface area (Å²) in [6, 6.07) is 23.8. The van der Waals surface area contributed by atoms with E-state index >= 15 is 0 Å². The Hall–Kier alpha value is -4.71. The number of ether oxygens (including phenoxy) is 2. The van der Waals surface area contributed by atoms with Crippen molar-refractivity contribution >= 4 is 29.2 Å². The summed E-state index contributed by atoms with van der Waals surface area (Å²) in [5.74, 6) is 0.419. The van der Waals surface area contributed by atoms with E-state index in [1.165, 1.54) is 4.90 Å². The number of aromatic nitrogens is 1. The highest BCUT2D eigenvalue weighted by atomic mass is 16.5.